The highest BCUT2D eigenvalue weighted by Crippen LogP contribution is 2.56. The van der Waals surface area contributed by atoms with Crippen molar-refractivity contribution >= 4 is 16.3 Å². The SMILES string of the molecule is c1ccc(-c2cc(-c3ccc(-c4c(-c5ccccc5)nn5c(-c6ccccc6)cc6ccccc6c45)cc3)nc(-c3ccc4c(c3)C(c3ccccc3)(c3ccccc3)c3ccccc3-4)n2)cc1. The third-order valence-electron chi connectivity index (χ3n) is 13.7. The second kappa shape index (κ2) is 16.2. The fourth-order valence-electron chi connectivity index (χ4n) is 10.6. The van der Waals surface area contributed by atoms with Crippen LogP contribution in [-0.2, 0) is 5.41 Å². The summed E-state index contributed by atoms with van der Waals surface area (Å²) < 4.78 is 2.14. The maximum Gasteiger partial charge on any atom is 0.160 e. The Hall–Kier alpha value is -8.99. The molecule has 1 aliphatic carbocycles. The van der Waals surface area contributed by atoms with E-state index in [0.29, 0.717) is 5.82 Å². The van der Waals surface area contributed by atoms with Gasteiger partial charge in [-0.3, -0.25) is 0 Å². The summed E-state index contributed by atoms with van der Waals surface area (Å²) in [6.07, 6.45) is 0. The molecule has 0 spiro atoms. The van der Waals surface area contributed by atoms with Gasteiger partial charge in [-0.05, 0) is 62.5 Å². The van der Waals surface area contributed by atoms with Gasteiger partial charge in [0.15, 0.2) is 5.82 Å². The average Bonchev–Trinajstić information content (AvgIpc) is 3.97. The molecule has 1 aliphatic rings. The molecule has 9 aromatic carbocycles. The number of hydrogen-bond donors (Lipinski definition) is 0. The summed E-state index contributed by atoms with van der Waals surface area (Å²) in [7, 11) is 0. The summed E-state index contributed by atoms with van der Waals surface area (Å²) in [6.45, 7) is 0. The molecule has 12 aromatic rings. The van der Waals surface area contributed by atoms with Crippen molar-refractivity contribution in [3.63, 3.8) is 0 Å². The molecule has 0 aliphatic heterocycles. The number of hydrogen-bond acceptors (Lipinski definition) is 3. The Morgan fingerprint density at radius 1 is 0.353 bits per heavy atom. The Morgan fingerprint density at radius 3 is 1.51 bits per heavy atom. The van der Waals surface area contributed by atoms with Crippen molar-refractivity contribution in [2.24, 2.45) is 0 Å². The lowest BCUT2D eigenvalue weighted by Crippen LogP contribution is -2.28. The molecular formula is C64H42N4. The van der Waals surface area contributed by atoms with Crippen molar-refractivity contribution in [3.05, 3.63) is 277 Å². The van der Waals surface area contributed by atoms with Crippen molar-refractivity contribution in [1.29, 1.82) is 0 Å². The first-order valence-corrected chi connectivity index (χ1v) is 23.2. The van der Waals surface area contributed by atoms with Crippen LogP contribution in [0.1, 0.15) is 22.3 Å². The molecule has 0 unspecified atom stereocenters. The Balaban J connectivity index is 0.993. The molecule has 0 saturated heterocycles. The molecule has 0 saturated carbocycles. The van der Waals surface area contributed by atoms with Gasteiger partial charge < -0.3 is 0 Å². The highest BCUT2D eigenvalue weighted by molar-refractivity contribution is 6.08. The van der Waals surface area contributed by atoms with Gasteiger partial charge in [0.2, 0.25) is 0 Å². The van der Waals surface area contributed by atoms with Crippen LogP contribution in [0, 0.1) is 0 Å². The van der Waals surface area contributed by atoms with Crippen molar-refractivity contribution in [2.75, 3.05) is 0 Å². The molecule has 0 bridgehead atoms. The summed E-state index contributed by atoms with van der Waals surface area (Å²) in [5.74, 6) is 0.674. The third-order valence-corrected chi connectivity index (χ3v) is 13.7. The van der Waals surface area contributed by atoms with E-state index in [1.807, 2.05) is 6.07 Å². The van der Waals surface area contributed by atoms with Crippen LogP contribution in [0.4, 0.5) is 0 Å². The van der Waals surface area contributed by atoms with E-state index in [1.165, 1.54) is 38.8 Å². The molecule has 0 N–H and O–H groups in total. The maximum absolute atomic E-state index is 5.44. The number of aromatic nitrogens is 4. The van der Waals surface area contributed by atoms with Crippen LogP contribution in [0.5, 0.6) is 0 Å². The Kier molecular flexibility index (Phi) is 9.36. The molecule has 13 rings (SSSR count). The smallest absolute Gasteiger partial charge is 0.160 e. The van der Waals surface area contributed by atoms with Gasteiger partial charge in [0.25, 0.3) is 0 Å². The van der Waals surface area contributed by atoms with E-state index in [4.69, 9.17) is 15.1 Å². The molecule has 4 heteroatoms. The van der Waals surface area contributed by atoms with Crippen LogP contribution in [0.15, 0.2) is 255 Å². The van der Waals surface area contributed by atoms with Crippen LogP contribution in [0.3, 0.4) is 0 Å². The Labute approximate surface area is 395 Å². The van der Waals surface area contributed by atoms with E-state index in [2.05, 4.69) is 253 Å². The Morgan fingerprint density at radius 2 is 0.853 bits per heavy atom. The van der Waals surface area contributed by atoms with Crippen LogP contribution < -0.4 is 0 Å². The predicted molar refractivity (Wildman–Crippen MR) is 278 cm³/mol. The Bertz CT molecular complexity index is 3770. The first-order valence-electron chi connectivity index (χ1n) is 23.2. The quantitative estimate of drug-likeness (QED) is 0.153. The van der Waals surface area contributed by atoms with Crippen molar-refractivity contribution in [1.82, 2.24) is 19.6 Å². The standard InChI is InChI=1S/C64H42N4/c1-6-20-43(21-7-1)57-42-58(66-63(65-57)49-38-39-54-53-32-18-19-33-55(53)64(56(54)40-49,50-27-12-4-13-28-50)51-29-14-5-15-30-51)44-34-36-46(37-35-44)60-61(47-24-10-3-11-25-47)67-68-59(45-22-8-2-9-23-45)41-48-26-16-17-31-52(48)62(60)68/h1-42H. The number of nitrogens with zero attached hydrogens (tertiary/aromatic N) is 4. The second-order valence-corrected chi connectivity index (χ2v) is 17.5. The summed E-state index contributed by atoms with van der Waals surface area (Å²) in [4.78, 5) is 10.8. The first kappa shape index (κ1) is 39.4. The summed E-state index contributed by atoms with van der Waals surface area (Å²) in [5.41, 5.74) is 19.0. The summed E-state index contributed by atoms with van der Waals surface area (Å²) in [5, 5.41) is 7.75. The third kappa shape index (κ3) is 6.34. The molecule has 3 heterocycles. The lowest BCUT2D eigenvalue weighted by molar-refractivity contribution is 0.768. The van der Waals surface area contributed by atoms with Gasteiger partial charge >= 0.3 is 0 Å². The van der Waals surface area contributed by atoms with Crippen LogP contribution in [0.2, 0.25) is 0 Å². The minimum atomic E-state index is -0.538. The largest absolute Gasteiger partial charge is 0.231 e. The number of rotatable bonds is 8. The van der Waals surface area contributed by atoms with Gasteiger partial charge in [-0.1, -0.05) is 237 Å². The van der Waals surface area contributed by atoms with E-state index in [0.717, 1.165) is 72.6 Å². The molecule has 318 valence electrons. The van der Waals surface area contributed by atoms with Gasteiger partial charge in [-0.2, -0.15) is 5.10 Å². The van der Waals surface area contributed by atoms with Crippen molar-refractivity contribution < 1.29 is 0 Å². The van der Waals surface area contributed by atoms with E-state index >= 15 is 0 Å². The fourth-order valence-corrected chi connectivity index (χ4v) is 10.6. The molecule has 0 amide bonds. The molecule has 0 fully saturated rings. The normalized spacial score (nSPS) is 12.5. The molecule has 0 radical (unpaired) electrons. The van der Waals surface area contributed by atoms with Gasteiger partial charge in [-0.15, -0.1) is 0 Å². The van der Waals surface area contributed by atoms with Gasteiger partial charge in [0.05, 0.1) is 28.0 Å². The zero-order valence-electron chi connectivity index (χ0n) is 37.0. The lowest BCUT2D eigenvalue weighted by Gasteiger charge is -2.34. The van der Waals surface area contributed by atoms with Crippen molar-refractivity contribution in [2.45, 2.75) is 5.41 Å². The highest BCUT2D eigenvalue weighted by atomic mass is 15.2. The number of benzene rings is 9. The van der Waals surface area contributed by atoms with Crippen LogP contribution in [0.25, 0.3) is 95.0 Å². The highest BCUT2D eigenvalue weighted by Gasteiger charge is 2.46. The van der Waals surface area contributed by atoms with E-state index in [1.54, 1.807) is 0 Å². The van der Waals surface area contributed by atoms with Gasteiger partial charge in [0, 0.05) is 38.8 Å². The molecule has 0 atom stereocenters. The maximum atomic E-state index is 5.44. The lowest BCUT2D eigenvalue weighted by atomic mass is 9.67. The van der Waals surface area contributed by atoms with Crippen LogP contribution in [-0.4, -0.2) is 19.6 Å². The van der Waals surface area contributed by atoms with E-state index in [-0.39, 0.29) is 0 Å². The molecule has 68 heavy (non-hydrogen) atoms. The average molecular weight is 867 g/mol. The van der Waals surface area contributed by atoms with Gasteiger partial charge in [0.1, 0.15) is 5.69 Å². The van der Waals surface area contributed by atoms with E-state index < -0.39 is 5.41 Å². The van der Waals surface area contributed by atoms with E-state index in [9.17, 15) is 0 Å². The fraction of sp³-hybridized carbons (Fsp3) is 0.0156. The molecule has 3 aromatic heterocycles. The monoisotopic (exact) mass is 866 g/mol. The minimum Gasteiger partial charge on any atom is -0.231 e. The van der Waals surface area contributed by atoms with Crippen molar-refractivity contribution in [3.8, 4) is 78.7 Å². The van der Waals surface area contributed by atoms with Gasteiger partial charge in [-0.25, -0.2) is 14.5 Å². The van der Waals surface area contributed by atoms with Crippen LogP contribution >= 0.6 is 0 Å². The second-order valence-electron chi connectivity index (χ2n) is 17.5. The summed E-state index contributed by atoms with van der Waals surface area (Å²) in [6, 6.07) is 90.9. The summed E-state index contributed by atoms with van der Waals surface area (Å²) >= 11 is 0. The topological polar surface area (TPSA) is 43.1 Å². The molecular weight excluding hydrogens is 825 g/mol. The zero-order valence-corrected chi connectivity index (χ0v) is 37.0. The first-order chi connectivity index (χ1) is 33.7. The zero-order chi connectivity index (χ0) is 45.0. The predicted octanol–water partition coefficient (Wildman–Crippen LogP) is 15.6. The number of fused-ring (bicyclic) bond motifs is 6. The number of pyridine rings is 1. The molecule has 4 nitrogen and oxygen atoms in total. The minimum absolute atomic E-state index is 0.538.